The maximum absolute atomic E-state index is 13.0. The standard InChI is InChI=1S/C21H19FN2O4S/c1-13-3-8-18(27-2)15(9-13)10-20(26)28-11-19(25)24-21-23-17(12-29-21)14-4-6-16(22)7-5-14/h3-9,12H,10-11H2,1-2H3,(H,23,24,25). The number of nitrogens with zero attached hydrogens (tertiary/aromatic N) is 1. The van der Waals surface area contributed by atoms with Crippen molar-refractivity contribution in [2.45, 2.75) is 13.3 Å². The van der Waals surface area contributed by atoms with E-state index in [1.165, 1.54) is 30.6 Å². The molecule has 1 aromatic heterocycles. The van der Waals surface area contributed by atoms with Crippen LogP contribution in [0.1, 0.15) is 11.1 Å². The molecule has 0 fully saturated rings. The number of amides is 1. The predicted molar refractivity (Wildman–Crippen MR) is 109 cm³/mol. The van der Waals surface area contributed by atoms with Crippen molar-refractivity contribution < 1.29 is 23.5 Å². The molecule has 3 aromatic rings. The number of carbonyl (C=O) groups is 2. The molecule has 0 radical (unpaired) electrons. The zero-order valence-electron chi connectivity index (χ0n) is 15.9. The van der Waals surface area contributed by atoms with Gasteiger partial charge in [-0.15, -0.1) is 11.3 Å². The molecule has 0 saturated heterocycles. The Labute approximate surface area is 171 Å². The van der Waals surface area contributed by atoms with Crippen LogP contribution >= 0.6 is 11.3 Å². The lowest BCUT2D eigenvalue weighted by atomic mass is 10.1. The summed E-state index contributed by atoms with van der Waals surface area (Å²) in [6.07, 6.45) is 0.00407. The Kier molecular flexibility index (Phi) is 6.56. The second-order valence-electron chi connectivity index (χ2n) is 6.25. The van der Waals surface area contributed by atoms with Crippen LogP contribution in [0.25, 0.3) is 11.3 Å². The monoisotopic (exact) mass is 414 g/mol. The number of halogens is 1. The number of methoxy groups -OCH3 is 1. The fraction of sp³-hybridized carbons (Fsp3) is 0.190. The Balaban J connectivity index is 1.52. The summed E-state index contributed by atoms with van der Waals surface area (Å²) in [4.78, 5) is 28.4. The van der Waals surface area contributed by atoms with Crippen molar-refractivity contribution in [1.29, 1.82) is 0 Å². The molecule has 1 amide bonds. The summed E-state index contributed by atoms with van der Waals surface area (Å²) in [7, 11) is 1.53. The van der Waals surface area contributed by atoms with Crippen molar-refractivity contribution in [1.82, 2.24) is 4.98 Å². The molecule has 3 rings (SSSR count). The van der Waals surface area contributed by atoms with Crippen LogP contribution in [0, 0.1) is 12.7 Å². The second kappa shape index (κ2) is 9.29. The van der Waals surface area contributed by atoms with E-state index < -0.39 is 18.5 Å². The van der Waals surface area contributed by atoms with E-state index in [-0.39, 0.29) is 12.2 Å². The highest BCUT2D eigenvalue weighted by molar-refractivity contribution is 7.14. The third-order valence-electron chi connectivity index (χ3n) is 4.03. The molecule has 0 atom stereocenters. The van der Waals surface area contributed by atoms with E-state index in [0.717, 1.165) is 11.1 Å². The molecule has 6 nitrogen and oxygen atoms in total. The van der Waals surface area contributed by atoms with E-state index in [4.69, 9.17) is 9.47 Å². The van der Waals surface area contributed by atoms with Crippen LogP contribution in [-0.4, -0.2) is 30.6 Å². The summed E-state index contributed by atoms with van der Waals surface area (Å²) >= 11 is 1.23. The lowest BCUT2D eigenvalue weighted by Gasteiger charge is -2.09. The van der Waals surface area contributed by atoms with Crippen molar-refractivity contribution in [2.75, 3.05) is 19.0 Å². The third-order valence-corrected chi connectivity index (χ3v) is 4.78. The van der Waals surface area contributed by atoms with Gasteiger partial charge < -0.3 is 9.47 Å². The van der Waals surface area contributed by atoms with Gasteiger partial charge in [-0.1, -0.05) is 17.7 Å². The number of hydrogen-bond acceptors (Lipinski definition) is 6. The first-order valence-corrected chi connectivity index (χ1v) is 9.63. The fourth-order valence-electron chi connectivity index (χ4n) is 2.64. The third kappa shape index (κ3) is 5.61. The molecule has 0 aliphatic rings. The highest BCUT2D eigenvalue weighted by atomic mass is 32.1. The topological polar surface area (TPSA) is 77.5 Å². The fourth-order valence-corrected chi connectivity index (χ4v) is 3.37. The summed E-state index contributed by atoms with van der Waals surface area (Å²) in [5.74, 6) is -0.763. The molecular weight excluding hydrogens is 395 g/mol. The maximum atomic E-state index is 13.0. The SMILES string of the molecule is COc1ccc(C)cc1CC(=O)OCC(=O)Nc1nc(-c2ccc(F)cc2)cs1. The smallest absolute Gasteiger partial charge is 0.310 e. The van der Waals surface area contributed by atoms with Crippen LogP contribution in [-0.2, 0) is 20.7 Å². The molecule has 1 heterocycles. The minimum Gasteiger partial charge on any atom is -0.496 e. The summed E-state index contributed by atoms with van der Waals surface area (Å²) in [6, 6.07) is 11.4. The molecule has 0 unspecified atom stereocenters. The van der Waals surface area contributed by atoms with E-state index in [1.54, 1.807) is 23.6 Å². The Bertz CT molecular complexity index is 1020. The summed E-state index contributed by atoms with van der Waals surface area (Å²) in [5.41, 5.74) is 3.05. The Hall–Kier alpha value is -3.26. The van der Waals surface area contributed by atoms with Crippen molar-refractivity contribution in [2.24, 2.45) is 0 Å². The van der Waals surface area contributed by atoms with Gasteiger partial charge in [0.15, 0.2) is 11.7 Å². The van der Waals surface area contributed by atoms with Crippen molar-refractivity contribution >= 4 is 28.3 Å². The number of anilines is 1. The van der Waals surface area contributed by atoms with Gasteiger partial charge in [-0.25, -0.2) is 9.37 Å². The van der Waals surface area contributed by atoms with Crippen molar-refractivity contribution in [3.05, 3.63) is 64.8 Å². The first kappa shape index (κ1) is 20.5. The van der Waals surface area contributed by atoms with Crippen LogP contribution in [0.3, 0.4) is 0 Å². The average Bonchev–Trinajstić information content (AvgIpc) is 3.15. The first-order chi connectivity index (χ1) is 13.9. The van der Waals surface area contributed by atoms with E-state index in [0.29, 0.717) is 22.1 Å². The molecule has 29 heavy (non-hydrogen) atoms. The lowest BCUT2D eigenvalue weighted by Crippen LogP contribution is -2.21. The van der Waals surface area contributed by atoms with Crippen LogP contribution in [0.5, 0.6) is 5.75 Å². The van der Waals surface area contributed by atoms with Crippen molar-refractivity contribution in [3.8, 4) is 17.0 Å². The Morgan fingerprint density at radius 3 is 2.66 bits per heavy atom. The molecule has 1 N–H and O–H groups in total. The first-order valence-electron chi connectivity index (χ1n) is 8.75. The normalized spacial score (nSPS) is 10.4. The number of rotatable bonds is 7. The van der Waals surface area contributed by atoms with Gasteiger partial charge in [-0.3, -0.25) is 14.9 Å². The largest absolute Gasteiger partial charge is 0.496 e. The van der Waals surface area contributed by atoms with Gasteiger partial charge in [0.05, 0.1) is 19.2 Å². The number of ether oxygens (including phenoxy) is 2. The molecular formula is C21H19FN2O4S. The van der Waals surface area contributed by atoms with Gasteiger partial charge in [-0.05, 0) is 37.3 Å². The van der Waals surface area contributed by atoms with Crippen LogP contribution < -0.4 is 10.1 Å². The number of hydrogen-bond donors (Lipinski definition) is 1. The van der Waals surface area contributed by atoms with Gasteiger partial charge in [-0.2, -0.15) is 0 Å². The number of nitrogens with one attached hydrogen (secondary N) is 1. The highest BCUT2D eigenvalue weighted by Gasteiger charge is 2.13. The van der Waals surface area contributed by atoms with E-state index in [9.17, 15) is 14.0 Å². The molecule has 150 valence electrons. The molecule has 0 saturated carbocycles. The zero-order valence-corrected chi connectivity index (χ0v) is 16.7. The molecule has 8 heteroatoms. The number of thiazole rings is 1. The van der Waals surface area contributed by atoms with Gasteiger partial charge in [0.1, 0.15) is 11.6 Å². The van der Waals surface area contributed by atoms with Crippen LogP contribution in [0.15, 0.2) is 47.8 Å². The number of esters is 1. The van der Waals surface area contributed by atoms with Crippen LogP contribution in [0.4, 0.5) is 9.52 Å². The average molecular weight is 414 g/mol. The van der Waals surface area contributed by atoms with E-state index >= 15 is 0 Å². The number of aryl methyl sites for hydroxylation is 1. The lowest BCUT2D eigenvalue weighted by molar-refractivity contribution is -0.146. The number of benzene rings is 2. The minimum atomic E-state index is -0.532. The summed E-state index contributed by atoms with van der Waals surface area (Å²) in [6.45, 7) is 1.49. The maximum Gasteiger partial charge on any atom is 0.310 e. The second-order valence-corrected chi connectivity index (χ2v) is 7.10. The zero-order chi connectivity index (χ0) is 20.8. The number of carbonyl (C=O) groups excluding carboxylic acids is 2. The Morgan fingerprint density at radius 1 is 1.17 bits per heavy atom. The van der Waals surface area contributed by atoms with Crippen LogP contribution in [0.2, 0.25) is 0 Å². The highest BCUT2D eigenvalue weighted by Crippen LogP contribution is 2.25. The minimum absolute atomic E-state index is 0.00407. The molecule has 0 bridgehead atoms. The molecule has 0 spiro atoms. The quantitative estimate of drug-likeness (QED) is 0.592. The van der Waals surface area contributed by atoms with Gasteiger partial charge in [0.25, 0.3) is 5.91 Å². The van der Waals surface area contributed by atoms with Gasteiger partial charge >= 0.3 is 5.97 Å². The summed E-state index contributed by atoms with van der Waals surface area (Å²) in [5, 5.41) is 4.70. The van der Waals surface area contributed by atoms with E-state index in [2.05, 4.69) is 10.3 Å². The van der Waals surface area contributed by atoms with Gasteiger partial charge in [0, 0.05) is 16.5 Å². The predicted octanol–water partition coefficient (Wildman–Crippen LogP) is 3.99. The Morgan fingerprint density at radius 2 is 1.93 bits per heavy atom. The number of aromatic nitrogens is 1. The van der Waals surface area contributed by atoms with Crippen molar-refractivity contribution in [3.63, 3.8) is 0 Å². The van der Waals surface area contributed by atoms with Gasteiger partial charge in [0.2, 0.25) is 0 Å². The summed E-state index contributed by atoms with van der Waals surface area (Å²) < 4.78 is 23.3. The molecule has 2 aromatic carbocycles. The molecule has 0 aliphatic carbocycles. The van der Waals surface area contributed by atoms with E-state index in [1.807, 2.05) is 19.1 Å². The molecule has 0 aliphatic heterocycles.